The molecule has 1 atom stereocenters. The molecule has 2 rings (SSSR count). The van der Waals surface area contributed by atoms with Gasteiger partial charge in [0.25, 0.3) is 0 Å². The van der Waals surface area contributed by atoms with E-state index < -0.39 is 0 Å². The van der Waals surface area contributed by atoms with Crippen molar-refractivity contribution in [1.29, 1.82) is 0 Å². The van der Waals surface area contributed by atoms with E-state index >= 15 is 0 Å². The largest absolute Gasteiger partial charge is 0.314 e. The van der Waals surface area contributed by atoms with Gasteiger partial charge in [-0.15, -0.1) is 0 Å². The average Bonchev–Trinajstić information content (AvgIpc) is 2.48. The van der Waals surface area contributed by atoms with Gasteiger partial charge in [-0.05, 0) is 42.0 Å². The maximum absolute atomic E-state index is 3.58. The summed E-state index contributed by atoms with van der Waals surface area (Å²) in [5.74, 6) is 0.563. The molecule has 2 aromatic rings. The molecule has 1 nitrogen and oxygen atoms in total. The van der Waals surface area contributed by atoms with Gasteiger partial charge >= 0.3 is 0 Å². The molecule has 0 aliphatic heterocycles. The van der Waals surface area contributed by atoms with Gasteiger partial charge in [0.05, 0.1) is 0 Å². The quantitative estimate of drug-likeness (QED) is 0.730. The zero-order valence-corrected chi connectivity index (χ0v) is 14.4. The third-order valence-electron chi connectivity index (χ3n) is 3.71. The molecule has 1 unspecified atom stereocenters. The molecule has 1 N–H and O–H groups in total. The summed E-state index contributed by atoms with van der Waals surface area (Å²) in [6, 6.07) is 20.0. The van der Waals surface area contributed by atoms with Crippen molar-refractivity contribution in [2.24, 2.45) is 0 Å². The fraction of sp³-hybridized carbons (Fsp3) is 0.368. The Hall–Kier alpha value is -1.12. The molecule has 0 saturated carbocycles. The topological polar surface area (TPSA) is 12.0 Å². The van der Waals surface area contributed by atoms with Crippen LogP contribution < -0.4 is 5.32 Å². The molecule has 0 aliphatic carbocycles. The minimum atomic E-state index is 0.530. The van der Waals surface area contributed by atoms with E-state index in [4.69, 9.17) is 0 Å². The van der Waals surface area contributed by atoms with Crippen LogP contribution in [0.5, 0.6) is 0 Å². The second-order valence-electron chi connectivity index (χ2n) is 5.84. The van der Waals surface area contributed by atoms with E-state index in [1.54, 1.807) is 0 Å². The lowest BCUT2D eigenvalue weighted by atomic mass is 9.92. The fourth-order valence-corrected chi connectivity index (χ4v) is 2.97. The Labute approximate surface area is 136 Å². The normalized spacial score (nSPS) is 12.6. The molecule has 0 aromatic heterocycles. The molecule has 0 fully saturated rings. The van der Waals surface area contributed by atoms with Gasteiger partial charge in [0.1, 0.15) is 0 Å². The summed E-state index contributed by atoms with van der Waals surface area (Å²) in [6.07, 6.45) is 2.28. The molecule has 2 heteroatoms. The van der Waals surface area contributed by atoms with Crippen molar-refractivity contribution in [3.05, 3.63) is 70.2 Å². The highest BCUT2D eigenvalue weighted by atomic mass is 79.9. The van der Waals surface area contributed by atoms with Crippen LogP contribution in [0.3, 0.4) is 0 Å². The van der Waals surface area contributed by atoms with Crippen molar-refractivity contribution < 1.29 is 0 Å². The standard InChI is InChI=1S/C19H24BrN/c1-15(2)21-14-18(17-8-4-3-5-9-17)12-11-16-7-6-10-19(20)13-16/h3-10,13,15,18,21H,11-12,14H2,1-2H3. The van der Waals surface area contributed by atoms with Gasteiger partial charge in [-0.1, -0.05) is 72.2 Å². The molecule has 0 spiro atoms. The summed E-state index contributed by atoms with van der Waals surface area (Å²) in [5, 5.41) is 3.58. The lowest BCUT2D eigenvalue weighted by molar-refractivity contribution is 0.508. The van der Waals surface area contributed by atoms with E-state index in [1.807, 2.05) is 0 Å². The first kappa shape index (κ1) is 16.3. The second kappa shape index (κ2) is 8.35. The van der Waals surface area contributed by atoms with Crippen LogP contribution in [0.1, 0.15) is 37.3 Å². The van der Waals surface area contributed by atoms with E-state index in [0.717, 1.165) is 17.4 Å². The molecule has 21 heavy (non-hydrogen) atoms. The van der Waals surface area contributed by atoms with Crippen LogP contribution in [0, 0.1) is 0 Å². The highest BCUT2D eigenvalue weighted by Gasteiger charge is 2.12. The number of benzene rings is 2. The van der Waals surface area contributed by atoms with Crippen molar-refractivity contribution in [3.8, 4) is 0 Å². The summed E-state index contributed by atoms with van der Waals surface area (Å²) in [5.41, 5.74) is 2.83. The minimum Gasteiger partial charge on any atom is -0.314 e. The van der Waals surface area contributed by atoms with Gasteiger partial charge in [0, 0.05) is 17.1 Å². The molecule has 0 heterocycles. The molecule has 0 radical (unpaired) electrons. The number of halogens is 1. The summed E-state index contributed by atoms with van der Waals surface area (Å²) in [6.45, 7) is 5.45. The van der Waals surface area contributed by atoms with Crippen molar-refractivity contribution in [2.45, 2.75) is 38.6 Å². The van der Waals surface area contributed by atoms with Crippen LogP contribution in [0.25, 0.3) is 0 Å². The zero-order chi connectivity index (χ0) is 15.1. The number of nitrogens with one attached hydrogen (secondary N) is 1. The third-order valence-corrected chi connectivity index (χ3v) is 4.21. The predicted molar refractivity (Wildman–Crippen MR) is 94.8 cm³/mol. The average molecular weight is 346 g/mol. The molecule has 0 saturated heterocycles. The lowest BCUT2D eigenvalue weighted by Crippen LogP contribution is -2.28. The fourth-order valence-electron chi connectivity index (χ4n) is 2.52. The summed E-state index contributed by atoms with van der Waals surface area (Å²) in [4.78, 5) is 0. The monoisotopic (exact) mass is 345 g/mol. The van der Waals surface area contributed by atoms with E-state index in [-0.39, 0.29) is 0 Å². The van der Waals surface area contributed by atoms with Gasteiger partial charge < -0.3 is 5.32 Å². The SMILES string of the molecule is CC(C)NCC(CCc1cccc(Br)c1)c1ccccc1. The molecule has 112 valence electrons. The molecule has 0 aliphatic rings. The Balaban J connectivity index is 2.02. The first-order valence-corrected chi connectivity index (χ1v) is 8.47. The van der Waals surface area contributed by atoms with Crippen LogP contribution in [-0.2, 0) is 6.42 Å². The Kier molecular flexibility index (Phi) is 6.47. The summed E-state index contributed by atoms with van der Waals surface area (Å²) in [7, 11) is 0. The van der Waals surface area contributed by atoms with Crippen LogP contribution >= 0.6 is 15.9 Å². The van der Waals surface area contributed by atoms with Crippen molar-refractivity contribution in [1.82, 2.24) is 5.32 Å². The molecular weight excluding hydrogens is 322 g/mol. The van der Waals surface area contributed by atoms with Crippen LogP contribution in [-0.4, -0.2) is 12.6 Å². The minimum absolute atomic E-state index is 0.530. The summed E-state index contributed by atoms with van der Waals surface area (Å²) >= 11 is 3.55. The number of hydrogen-bond acceptors (Lipinski definition) is 1. The highest BCUT2D eigenvalue weighted by Crippen LogP contribution is 2.22. The first-order valence-electron chi connectivity index (χ1n) is 7.68. The summed E-state index contributed by atoms with van der Waals surface area (Å²) < 4.78 is 1.16. The van der Waals surface area contributed by atoms with E-state index in [2.05, 4.69) is 89.7 Å². The highest BCUT2D eigenvalue weighted by molar-refractivity contribution is 9.10. The first-order chi connectivity index (χ1) is 10.1. The van der Waals surface area contributed by atoms with E-state index in [0.29, 0.717) is 12.0 Å². The maximum atomic E-state index is 3.58. The number of aryl methyl sites for hydroxylation is 1. The third kappa shape index (κ3) is 5.64. The predicted octanol–water partition coefficient (Wildman–Crippen LogP) is 5.16. The van der Waals surface area contributed by atoms with Crippen molar-refractivity contribution in [2.75, 3.05) is 6.54 Å². The molecule has 0 bridgehead atoms. The maximum Gasteiger partial charge on any atom is 0.0177 e. The number of rotatable bonds is 7. The zero-order valence-electron chi connectivity index (χ0n) is 12.9. The van der Waals surface area contributed by atoms with Gasteiger partial charge in [0.15, 0.2) is 0 Å². The van der Waals surface area contributed by atoms with Crippen molar-refractivity contribution in [3.63, 3.8) is 0 Å². The molecule has 0 amide bonds. The van der Waals surface area contributed by atoms with Gasteiger partial charge in [-0.2, -0.15) is 0 Å². The number of hydrogen-bond donors (Lipinski definition) is 1. The molecular formula is C19H24BrN. The Morgan fingerprint density at radius 1 is 1.00 bits per heavy atom. The van der Waals surface area contributed by atoms with E-state index in [9.17, 15) is 0 Å². The Bertz CT molecular complexity index is 536. The van der Waals surface area contributed by atoms with Crippen LogP contribution in [0.2, 0.25) is 0 Å². The van der Waals surface area contributed by atoms with Gasteiger partial charge in [-0.3, -0.25) is 0 Å². The Morgan fingerprint density at radius 2 is 1.76 bits per heavy atom. The van der Waals surface area contributed by atoms with Crippen LogP contribution in [0.15, 0.2) is 59.1 Å². The van der Waals surface area contributed by atoms with Gasteiger partial charge in [-0.25, -0.2) is 0 Å². The van der Waals surface area contributed by atoms with Crippen molar-refractivity contribution >= 4 is 15.9 Å². The van der Waals surface area contributed by atoms with Crippen LogP contribution in [0.4, 0.5) is 0 Å². The van der Waals surface area contributed by atoms with E-state index in [1.165, 1.54) is 17.5 Å². The second-order valence-corrected chi connectivity index (χ2v) is 6.75. The lowest BCUT2D eigenvalue weighted by Gasteiger charge is -2.20. The Morgan fingerprint density at radius 3 is 2.43 bits per heavy atom. The smallest absolute Gasteiger partial charge is 0.0177 e. The molecule has 2 aromatic carbocycles. The van der Waals surface area contributed by atoms with Gasteiger partial charge in [0.2, 0.25) is 0 Å².